The summed E-state index contributed by atoms with van der Waals surface area (Å²) in [4.78, 5) is 31.2. The van der Waals surface area contributed by atoms with Crippen molar-refractivity contribution in [1.82, 2.24) is 9.97 Å². The minimum absolute atomic E-state index is 0.00935. The lowest BCUT2D eigenvalue weighted by Gasteiger charge is -2.31. The van der Waals surface area contributed by atoms with Crippen LogP contribution in [0.3, 0.4) is 0 Å². The summed E-state index contributed by atoms with van der Waals surface area (Å²) >= 11 is 0. The van der Waals surface area contributed by atoms with E-state index in [0.29, 0.717) is 0 Å². The number of aromatic amines is 2. The Morgan fingerprint density at radius 2 is 1.10 bits per heavy atom. The third-order valence-corrected chi connectivity index (χ3v) is 4.09. The van der Waals surface area contributed by atoms with Gasteiger partial charge in [-0.1, -0.05) is 0 Å². The van der Waals surface area contributed by atoms with E-state index in [4.69, 9.17) is 0 Å². The molecule has 2 aromatic heterocycles. The maximum absolute atomic E-state index is 12.4. The second-order valence-corrected chi connectivity index (χ2v) is 5.77. The van der Waals surface area contributed by atoms with Gasteiger partial charge in [0.2, 0.25) is 0 Å². The summed E-state index contributed by atoms with van der Waals surface area (Å²) in [6, 6.07) is 3.93. The molecule has 1 saturated carbocycles. The summed E-state index contributed by atoms with van der Waals surface area (Å²) in [5.74, 6) is -1.25. The van der Waals surface area contributed by atoms with Crippen LogP contribution in [0.2, 0.25) is 0 Å². The van der Waals surface area contributed by atoms with Crippen molar-refractivity contribution < 1.29 is 9.59 Å². The van der Waals surface area contributed by atoms with Gasteiger partial charge in [-0.05, 0) is 51.0 Å². The minimum Gasteiger partial charge on any atom is -0.361 e. The fourth-order valence-electron chi connectivity index (χ4n) is 3.19. The number of nitrogens with one attached hydrogen (secondary N) is 2. The van der Waals surface area contributed by atoms with Crippen LogP contribution in [0.15, 0.2) is 12.1 Å². The van der Waals surface area contributed by atoms with Crippen LogP contribution in [-0.2, 0) is 9.59 Å². The van der Waals surface area contributed by atoms with Crippen molar-refractivity contribution in [2.75, 3.05) is 0 Å². The Kier molecular flexibility index (Phi) is 2.71. The molecule has 0 aliphatic heterocycles. The highest BCUT2D eigenvalue weighted by molar-refractivity contribution is 6.31. The molecule has 0 amide bonds. The minimum atomic E-state index is -0.614. The first-order valence-corrected chi connectivity index (χ1v) is 6.79. The fourth-order valence-corrected chi connectivity index (χ4v) is 3.19. The molecule has 0 saturated heterocycles. The van der Waals surface area contributed by atoms with E-state index in [1.165, 1.54) is 0 Å². The molecule has 0 radical (unpaired) electrons. The lowest BCUT2D eigenvalue weighted by Crippen LogP contribution is -2.45. The number of carbonyl (C=O) groups is 2. The van der Waals surface area contributed by atoms with E-state index in [2.05, 4.69) is 9.97 Å². The predicted octanol–water partition coefficient (Wildman–Crippen LogP) is 2.60. The molecule has 1 aliphatic carbocycles. The van der Waals surface area contributed by atoms with Crippen molar-refractivity contribution in [2.45, 2.75) is 39.5 Å². The number of hydrogen-bond donors (Lipinski definition) is 2. The number of Topliss-reactive ketones (excluding diaryl/α,β-unsaturated/α-hetero) is 2. The summed E-state index contributed by atoms with van der Waals surface area (Å²) in [6.45, 7) is 7.72. The van der Waals surface area contributed by atoms with Crippen LogP contribution in [0.25, 0.3) is 0 Å². The third kappa shape index (κ3) is 1.68. The van der Waals surface area contributed by atoms with E-state index >= 15 is 0 Å². The Morgan fingerprint density at radius 3 is 1.35 bits per heavy atom. The van der Waals surface area contributed by atoms with Gasteiger partial charge in [0, 0.05) is 22.8 Å². The zero-order chi connectivity index (χ0) is 14.6. The number of ketones is 2. The average molecular weight is 270 g/mol. The summed E-state index contributed by atoms with van der Waals surface area (Å²) in [5, 5.41) is 0. The molecule has 4 nitrogen and oxygen atoms in total. The molecule has 2 N–H and O–H groups in total. The SMILES string of the molecule is Cc1cc(C)c(C2C(=O)C(c3[nH]c(C)cc3C)C2=O)[nH]1. The van der Waals surface area contributed by atoms with Crippen LogP contribution in [0, 0.1) is 27.7 Å². The number of rotatable bonds is 2. The fraction of sp³-hybridized carbons (Fsp3) is 0.375. The number of carbonyl (C=O) groups excluding carboxylic acids is 2. The lowest BCUT2D eigenvalue weighted by atomic mass is 9.68. The number of H-pyrrole nitrogens is 2. The Morgan fingerprint density at radius 1 is 0.750 bits per heavy atom. The van der Waals surface area contributed by atoms with Crippen LogP contribution in [-0.4, -0.2) is 21.5 Å². The van der Waals surface area contributed by atoms with E-state index in [9.17, 15) is 9.59 Å². The van der Waals surface area contributed by atoms with Gasteiger partial charge in [0.25, 0.3) is 0 Å². The maximum Gasteiger partial charge on any atom is 0.165 e. The topological polar surface area (TPSA) is 65.7 Å². The lowest BCUT2D eigenvalue weighted by molar-refractivity contribution is -0.142. The molecule has 0 bridgehead atoms. The molecule has 0 aromatic carbocycles. The molecule has 0 atom stereocenters. The maximum atomic E-state index is 12.4. The zero-order valence-electron chi connectivity index (χ0n) is 12.1. The number of hydrogen-bond acceptors (Lipinski definition) is 2. The summed E-state index contributed by atoms with van der Waals surface area (Å²) in [7, 11) is 0. The number of aryl methyl sites for hydroxylation is 4. The summed E-state index contributed by atoms with van der Waals surface area (Å²) in [5.41, 5.74) is 5.44. The molecule has 4 heteroatoms. The van der Waals surface area contributed by atoms with Gasteiger partial charge in [-0.15, -0.1) is 0 Å². The van der Waals surface area contributed by atoms with Gasteiger partial charge in [-0.2, -0.15) is 0 Å². The molecule has 3 rings (SSSR count). The van der Waals surface area contributed by atoms with Gasteiger partial charge >= 0.3 is 0 Å². The molecular formula is C16H18N2O2. The number of aromatic nitrogens is 2. The van der Waals surface area contributed by atoms with Gasteiger partial charge in [-0.3, -0.25) is 9.59 Å². The first kappa shape index (κ1) is 12.9. The first-order valence-electron chi connectivity index (χ1n) is 6.79. The monoisotopic (exact) mass is 270 g/mol. The van der Waals surface area contributed by atoms with Gasteiger partial charge in [0.1, 0.15) is 11.8 Å². The normalized spacial score (nSPS) is 22.2. The Bertz CT molecular complexity index is 647. The quantitative estimate of drug-likeness (QED) is 0.824. The Labute approximate surface area is 117 Å². The molecule has 1 fully saturated rings. The molecule has 0 spiro atoms. The highest BCUT2D eigenvalue weighted by Gasteiger charge is 2.52. The van der Waals surface area contributed by atoms with Crippen LogP contribution >= 0.6 is 0 Å². The van der Waals surface area contributed by atoms with Crippen molar-refractivity contribution in [3.05, 3.63) is 46.0 Å². The van der Waals surface area contributed by atoms with Crippen molar-refractivity contribution in [1.29, 1.82) is 0 Å². The van der Waals surface area contributed by atoms with Gasteiger partial charge < -0.3 is 9.97 Å². The summed E-state index contributed by atoms with van der Waals surface area (Å²) in [6.07, 6.45) is 0. The van der Waals surface area contributed by atoms with Gasteiger partial charge in [-0.25, -0.2) is 0 Å². The molecular weight excluding hydrogens is 252 g/mol. The average Bonchev–Trinajstić information content (AvgIpc) is 2.83. The van der Waals surface area contributed by atoms with E-state index in [1.807, 2.05) is 39.8 Å². The van der Waals surface area contributed by atoms with Crippen LogP contribution in [0.5, 0.6) is 0 Å². The second-order valence-electron chi connectivity index (χ2n) is 5.77. The first-order chi connectivity index (χ1) is 9.40. The molecule has 104 valence electrons. The van der Waals surface area contributed by atoms with Crippen molar-refractivity contribution >= 4 is 11.6 Å². The van der Waals surface area contributed by atoms with Crippen molar-refractivity contribution in [3.8, 4) is 0 Å². The molecule has 2 heterocycles. The van der Waals surface area contributed by atoms with Crippen LogP contribution in [0.1, 0.15) is 45.7 Å². The second kappa shape index (κ2) is 4.20. The Hall–Kier alpha value is -2.10. The largest absolute Gasteiger partial charge is 0.361 e. The smallest absolute Gasteiger partial charge is 0.165 e. The Balaban J connectivity index is 1.94. The van der Waals surface area contributed by atoms with E-state index in [0.717, 1.165) is 33.9 Å². The summed E-state index contributed by atoms with van der Waals surface area (Å²) < 4.78 is 0. The van der Waals surface area contributed by atoms with Crippen molar-refractivity contribution in [3.63, 3.8) is 0 Å². The highest BCUT2D eigenvalue weighted by atomic mass is 16.2. The molecule has 20 heavy (non-hydrogen) atoms. The van der Waals surface area contributed by atoms with Crippen LogP contribution < -0.4 is 0 Å². The van der Waals surface area contributed by atoms with E-state index in [-0.39, 0.29) is 11.6 Å². The zero-order valence-corrected chi connectivity index (χ0v) is 12.1. The molecule has 1 aliphatic rings. The van der Waals surface area contributed by atoms with Crippen LogP contribution in [0.4, 0.5) is 0 Å². The highest BCUT2D eigenvalue weighted by Crippen LogP contribution is 2.42. The van der Waals surface area contributed by atoms with Gasteiger partial charge in [0.15, 0.2) is 11.6 Å². The molecule has 0 unspecified atom stereocenters. The standard InChI is InChI=1S/C16H18N2O2/c1-7-5-9(3)17-13(7)11-15(19)12(16(11)20)14-8(2)6-10(4)18-14/h5-6,11-12,17-18H,1-4H3. The van der Waals surface area contributed by atoms with Crippen molar-refractivity contribution in [2.24, 2.45) is 0 Å². The molecule has 2 aromatic rings. The predicted molar refractivity (Wildman–Crippen MR) is 76.0 cm³/mol. The third-order valence-electron chi connectivity index (χ3n) is 4.09. The van der Waals surface area contributed by atoms with E-state index in [1.54, 1.807) is 0 Å². The van der Waals surface area contributed by atoms with E-state index < -0.39 is 11.8 Å². The van der Waals surface area contributed by atoms with Gasteiger partial charge in [0.05, 0.1) is 0 Å².